The van der Waals surface area contributed by atoms with Gasteiger partial charge in [-0.25, -0.2) is 0 Å². The number of pyridine rings is 1. The van der Waals surface area contributed by atoms with Crippen LogP contribution in [0.4, 0.5) is 0 Å². The highest BCUT2D eigenvalue weighted by molar-refractivity contribution is 5.84. The average Bonchev–Trinajstić information content (AvgIpc) is 2.29. The molecule has 0 aliphatic carbocycles. The van der Waals surface area contributed by atoms with Crippen LogP contribution in [-0.4, -0.2) is 16.9 Å². The number of hydrogen-bond donors (Lipinski definition) is 2. The number of nitrogens with zero attached hydrogens (tertiary/aromatic N) is 1. The van der Waals surface area contributed by atoms with Gasteiger partial charge >= 0.3 is 0 Å². The second kappa shape index (κ2) is 4.28. The largest absolute Gasteiger partial charge is 0.368 e. The lowest BCUT2D eigenvalue weighted by Crippen LogP contribution is -2.38. The predicted molar refractivity (Wildman–Crippen MR) is 62.6 cm³/mol. The number of benzene rings is 1. The third-order valence-corrected chi connectivity index (χ3v) is 2.54. The number of hydrogen-bond acceptors (Lipinski definition) is 3. The maximum absolute atomic E-state index is 10.9. The molecule has 1 aromatic carbocycles. The molecule has 4 nitrogen and oxygen atoms in total. The van der Waals surface area contributed by atoms with E-state index in [-0.39, 0.29) is 0 Å². The highest BCUT2D eigenvalue weighted by Crippen LogP contribution is 2.17. The Kier molecular flexibility index (Phi) is 2.83. The third kappa shape index (κ3) is 2.01. The molecule has 0 bridgehead atoms. The molecule has 1 amide bonds. The number of primary amides is 1. The Morgan fingerprint density at radius 1 is 1.31 bits per heavy atom. The van der Waals surface area contributed by atoms with Crippen molar-refractivity contribution in [3.63, 3.8) is 0 Å². The summed E-state index contributed by atoms with van der Waals surface area (Å²) in [5, 5.41) is 1.02. The minimum atomic E-state index is -0.647. The first-order valence-electron chi connectivity index (χ1n) is 5.06. The number of carbonyl (C=O) groups is 1. The fourth-order valence-corrected chi connectivity index (χ4v) is 1.67. The van der Waals surface area contributed by atoms with Crippen molar-refractivity contribution in [2.24, 2.45) is 11.5 Å². The number of rotatable bonds is 3. The van der Waals surface area contributed by atoms with E-state index in [1.165, 1.54) is 0 Å². The predicted octanol–water partition coefficient (Wildman–Crippen LogP) is 0.590. The zero-order chi connectivity index (χ0) is 11.5. The summed E-state index contributed by atoms with van der Waals surface area (Å²) in [6.45, 7) is 0. The molecule has 0 saturated carbocycles. The number of para-hydroxylation sites is 1. The van der Waals surface area contributed by atoms with Crippen LogP contribution in [0.15, 0.2) is 36.5 Å². The van der Waals surface area contributed by atoms with Crippen LogP contribution in [0, 0.1) is 0 Å². The molecule has 0 saturated heterocycles. The number of carbonyl (C=O) groups excluding carboxylic acids is 1. The van der Waals surface area contributed by atoms with E-state index in [9.17, 15) is 4.79 Å². The fraction of sp³-hybridized carbons (Fsp3) is 0.167. The highest BCUT2D eigenvalue weighted by atomic mass is 16.1. The van der Waals surface area contributed by atoms with Crippen molar-refractivity contribution in [1.29, 1.82) is 0 Å². The number of amides is 1. The number of fused-ring (bicyclic) bond motifs is 1. The minimum absolute atomic E-state index is 0.443. The normalized spacial score (nSPS) is 12.6. The summed E-state index contributed by atoms with van der Waals surface area (Å²) in [4.78, 5) is 15.2. The van der Waals surface area contributed by atoms with Gasteiger partial charge in [0, 0.05) is 11.6 Å². The zero-order valence-corrected chi connectivity index (χ0v) is 8.76. The summed E-state index contributed by atoms with van der Waals surface area (Å²) in [5.41, 5.74) is 12.7. The van der Waals surface area contributed by atoms with Crippen LogP contribution < -0.4 is 11.5 Å². The monoisotopic (exact) mass is 215 g/mol. The van der Waals surface area contributed by atoms with E-state index < -0.39 is 11.9 Å². The van der Waals surface area contributed by atoms with Crippen molar-refractivity contribution in [2.75, 3.05) is 0 Å². The molecule has 1 atom stereocenters. The van der Waals surface area contributed by atoms with Gasteiger partial charge in [-0.3, -0.25) is 9.78 Å². The summed E-state index contributed by atoms with van der Waals surface area (Å²) in [6, 6.07) is 8.97. The van der Waals surface area contributed by atoms with E-state index in [0.29, 0.717) is 6.42 Å². The SMILES string of the molecule is NC(=O)C(N)Cc1ccnc2ccccc12. The smallest absolute Gasteiger partial charge is 0.234 e. The maximum Gasteiger partial charge on any atom is 0.234 e. The molecule has 0 aliphatic heterocycles. The van der Waals surface area contributed by atoms with E-state index in [4.69, 9.17) is 11.5 Å². The molecular formula is C12H13N3O. The fourth-order valence-electron chi connectivity index (χ4n) is 1.67. The van der Waals surface area contributed by atoms with Crippen LogP contribution in [0.25, 0.3) is 10.9 Å². The molecule has 82 valence electrons. The summed E-state index contributed by atoms with van der Waals surface area (Å²) >= 11 is 0. The first kappa shape index (κ1) is 10.6. The lowest BCUT2D eigenvalue weighted by Gasteiger charge is -2.09. The Labute approximate surface area is 93.3 Å². The summed E-state index contributed by atoms with van der Waals surface area (Å²) in [6.07, 6.45) is 2.16. The molecule has 4 N–H and O–H groups in total. The summed E-state index contributed by atoms with van der Waals surface area (Å²) < 4.78 is 0. The molecular weight excluding hydrogens is 202 g/mol. The Hall–Kier alpha value is -1.94. The molecule has 1 aromatic heterocycles. The van der Waals surface area contributed by atoms with E-state index >= 15 is 0 Å². The van der Waals surface area contributed by atoms with Crippen LogP contribution >= 0.6 is 0 Å². The second-order valence-corrected chi connectivity index (χ2v) is 3.70. The van der Waals surface area contributed by atoms with Gasteiger partial charge in [-0.15, -0.1) is 0 Å². The average molecular weight is 215 g/mol. The Bertz CT molecular complexity index is 519. The Morgan fingerprint density at radius 2 is 2.06 bits per heavy atom. The summed E-state index contributed by atoms with van der Waals surface area (Å²) in [7, 11) is 0. The second-order valence-electron chi connectivity index (χ2n) is 3.70. The lowest BCUT2D eigenvalue weighted by molar-refractivity contribution is -0.119. The van der Waals surface area contributed by atoms with Crippen molar-refractivity contribution in [3.05, 3.63) is 42.1 Å². The van der Waals surface area contributed by atoms with Crippen LogP contribution in [0.3, 0.4) is 0 Å². The van der Waals surface area contributed by atoms with Gasteiger partial charge in [0.15, 0.2) is 0 Å². The van der Waals surface area contributed by atoms with Crippen LogP contribution in [0.5, 0.6) is 0 Å². The van der Waals surface area contributed by atoms with Crippen molar-refractivity contribution in [2.45, 2.75) is 12.5 Å². The molecule has 0 spiro atoms. The topological polar surface area (TPSA) is 82.0 Å². The molecule has 0 aliphatic rings. The van der Waals surface area contributed by atoms with Crippen molar-refractivity contribution in [1.82, 2.24) is 4.98 Å². The molecule has 1 heterocycles. The molecule has 4 heteroatoms. The van der Waals surface area contributed by atoms with Gasteiger partial charge in [0.1, 0.15) is 0 Å². The van der Waals surface area contributed by atoms with Crippen LogP contribution in [0.2, 0.25) is 0 Å². The molecule has 1 unspecified atom stereocenters. The standard InChI is InChI=1S/C12H13N3O/c13-10(12(14)16)7-8-5-6-15-11-4-2-1-3-9(8)11/h1-6,10H,7,13H2,(H2,14,16). The molecule has 0 radical (unpaired) electrons. The van der Waals surface area contributed by atoms with Gasteiger partial charge in [-0.1, -0.05) is 18.2 Å². The summed E-state index contributed by atoms with van der Waals surface area (Å²) in [5.74, 6) is -0.485. The molecule has 2 aromatic rings. The number of aromatic nitrogens is 1. The third-order valence-electron chi connectivity index (χ3n) is 2.54. The van der Waals surface area contributed by atoms with Gasteiger partial charge < -0.3 is 11.5 Å². The van der Waals surface area contributed by atoms with E-state index in [2.05, 4.69) is 4.98 Å². The van der Waals surface area contributed by atoms with E-state index in [1.807, 2.05) is 30.3 Å². The van der Waals surface area contributed by atoms with Crippen molar-refractivity contribution >= 4 is 16.8 Å². The van der Waals surface area contributed by atoms with Crippen molar-refractivity contribution < 1.29 is 4.79 Å². The number of nitrogens with two attached hydrogens (primary N) is 2. The van der Waals surface area contributed by atoms with E-state index in [1.54, 1.807) is 6.20 Å². The van der Waals surface area contributed by atoms with Crippen LogP contribution in [-0.2, 0) is 11.2 Å². The Balaban J connectivity index is 2.41. The molecule has 0 fully saturated rings. The van der Waals surface area contributed by atoms with Crippen molar-refractivity contribution in [3.8, 4) is 0 Å². The van der Waals surface area contributed by atoms with Gasteiger partial charge in [0.2, 0.25) is 5.91 Å². The van der Waals surface area contributed by atoms with Gasteiger partial charge in [-0.05, 0) is 24.1 Å². The molecule has 16 heavy (non-hydrogen) atoms. The quantitative estimate of drug-likeness (QED) is 0.786. The minimum Gasteiger partial charge on any atom is -0.368 e. The molecule has 2 rings (SSSR count). The first-order chi connectivity index (χ1) is 7.68. The maximum atomic E-state index is 10.9. The van der Waals surface area contributed by atoms with E-state index in [0.717, 1.165) is 16.5 Å². The zero-order valence-electron chi connectivity index (χ0n) is 8.76. The highest BCUT2D eigenvalue weighted by Gasteiger charge is 2.11. The van der Waals surface area contributed by atoms with Gasteiger partial charge in [0.05, 0.1) is 11.6 Å². The lowest BCUT2D eigenvalue weighted by atomic mass is 10.0. The first-order valence-corrected chi connectivity index (χ1v) is 5.06. The van der Waals surface area contributed by atoms with Gasteiger partial charge in [-0.2, -0.15) is 0 Å². The Morgan fingerprint density at radius 3 is 2.81 bits per heavy atom. The van der Waals surface area contributed by atoms with Crippen LogP contribution in [0.1, 0.15) is 5.56 Å². The van der Waals surface area contributed by atoms with Gasteiger partial charge in [0.25, 0.3) is 0 Å².